The Morgan fingerprint density at radius 2 is 1.74 bits per heavy atom. The first kappa shape index (κ1) is 24.4. The standard InChI is InChI=1S/C19H22B3IO8/c1-17(2,3)31-15(26)11-8-5-7-10(11)14(25)30-13(7)12(8)29-9(24)6-28-16(27)19(22,23)18(4,20)21/h7-8,10-13H,5-6H2,1-4H3. The highest BCUT2D eigenvalue weighted by molar-refractivity contribution is 14.1. The predicted molar refractivity (Wildman–Crippen MR) is 118 cm³/mol. The van der Waals surface area contributed by atoms with Gasteiger partial charge in [0.2, 0.25) is 0 Å². The minimum absolute atomic E-state index is 0.225. The Hall–Kier alpha value is -1.20. The maximum absolute atomic E-state index is 12.8. The Kier molecular flexibility index (Phi) is 6.30. The van der Waals surface area contributed by atoms with Crippen molar-refractivity contribution < 1.29 is 38.1 Å². The molecule has 1 heterocycles. The minimum Gasteiger partial charge on any atom is -0.460 e. The third-order valence-electron chi connectivity index (χ3n) is 5.89. The van der Waals surface area contributed by atoms with Gasteiger partial charge in [0.15, 0.2) is 6.61 Å². The van der Waals surface area contributed by atoms with Crippen LogP contribution in [-0.2, 0) is 38.1 Å². The SMILES string of the molecule is [B]C([B])(C)C([B])(I)C(=O)OCC(=O)OC1C2CC3C1OC(=O)C3C2C(=O)OC(C)(C)C. The second kappa shape index (κ2) is 7.99. The summed E-state index contributed by atoms with van der Waals surface area (Å²) < 4.78 is 19.5. The molecule has 0 N–H and O–H groups in total. The van der Waals surface area contributed by atoms with Crippen LogP contribution in [0.5, 0.6) is 0 Å². The van der Waals surface area contributed by atoms with Crippen molar-refractivity contribution in [3.8, 4) is 0 Å². The van der Waals surface area contributed by atoms with E-state index in [2.05, 4.69) is 0 Å². The van der Waals surface area contributed by atoms with Crippen molar-refractivity contribution in [2.75, 3.05) is 6.61 Å². The number of alkyl halides is 1. The molecule has 0 spiro atoms. The molecule has 2 aliphatic carbocycles. The summed E-state index contributed by atoms with van der Waals surface area (Å²) in [5.41, 5.74) is -0.726. The molecule has 0 aromatic carbocycles. The van der Waals surface area contributed by atoms with Gasteiger partial charge in [0.05, 0.1) is 30.8 Å². The molecule has 0 aromatic heterocycles. The first-order chi connectivity index (χ1) is 14.0. The molecule has 2 bridgehead atoms. The zero-order chi connectivity index (χ0) is 23.5. The number of hydrogen-bond donors (Lipinski definition) is 0. The fraction of sp³-hybridized carbons (Fsp3) is 0.789. The molecule has 2 saturated carbocycles. The predicted octanol–water partition coefficient (Wildman–Crippen LogP) is 0.364. The van der Waals surface area contributed by atoms with Gasteiger partial charge in [0.25, 0.3) is 0 Å². The molecule has 12 heteroatoms. The number of fused-ring (bicyclic) bond motifs is 1. The molecule has 7 atom stereocenters. The molecule has 3 aliphatic rings. The minimum atomic E-state index is -1.77. The summed E-state index contributed by atoms with van der Waals surface area (Å²) in [4.78, 5) is 49.6. The van der Waals surface area contributed by atoms with Crippen LogP contribution in [0.25, 0.3) is 0 Å². The quantitative estimate of drug-likeness (QED) is 0.157. The van der Waals surface area contributed by atoms with Crippen molar-refractivity contribution in [2.45, 2.75) is 60.5 Å². The third-order valence-corrected chi connectivity index (χ3v) is 7.50. The van der Waals surface area contributed by atoms with Gasteiger partial charge in [-0.05, 0) is 27.2 Å². The first-order valence-electron chi connectivity index (χ1n) is 9.90. The van der Waals surface area contributed by atoms with Crippen molar-refractivity contribution >= 4 is 70.0 Å². The van der Waals surface area contributed by atoms with E-state index in [4.69, 9.17) is 42.5 Å². The lowest BCUT2D eigenvalue weighted by Gasteiger charge is -2.36. The Balaban J connectivity index is 1.66. The van der Waals surface area contributed by atoms with E-state index in [-0.39, 0.29) is 5.92 Å². The van der Waals surface area contributed by atoms with Crippen LogP contribution >= 0.6 is 22.6 Å². The van der Waals surface area contributed by atoms with Crippen LogP contribution in [-0.4, -0.2) is 75.2 Å². The molecule has 3 rings (SSSR count). The molecule has 7 unspecified atom stereocenters. The molecule has 162 valence electrons. The van der Waals surface area contributed by atoms with E-state index in [1.165, 1.54) is 6.92 Å². The summed E-state index contributed by atoms with van der Waals surface area (Å²) in [5.74, 6) is -4.84. The molecule has 1 saturated heterocycles. The number of ether oxygens (including phenoxy) is 4. The highest BCUT2D eigenvalue weighted by Gasteiger charge is 2.70. The lowest BCUT2D eigenvalue weighted by molar-refractivity contribution is -0.175. The van der Waals surface area contributed by atoms with E-state index in [0.717, 1.165) is 0 Å². The Labute approximate surface area is 198 Å². The van der Waals surface area contributed by atoms with Crippen molar-refractivity contribution in [3.63, 3.8) is 0 Å². The topological polar surface area (TPSA) is 105 Å². The van der Waals surface area contributed by atoms with Gasteiger partial charge in [0, 0.05) is 11.8 Å². The van der Waals surface area contributed by atoms with Crippen molar-refractivity contribution in [2.24, 2.45) is 23.7 Å². The van der Waals surface area contributed by atoms with E-state index >= 15 is 0 Å². The first-order valence-corrected chi connectivity index (χ1v) is 11.0. The average Bonchev–Trinajstić information content (AvgIpc) is 3.20. The monoisotopic (exact) mass is 538 g/mol. The highest BCUT2D eigenvalue weighted by atomic mass is 127. The molecule has 0 amide bonds. The normalized spacial score (nSPS) is 33.4. The van der Waals surface area contributed by atoms with Crippen LogP contribution in [0.1, 0.15) is 34.1 Å². The second-order valence-corrected chi connectivity index (χ2v) is 11.3. The summed E-state index contributed by atoms with van der Waals surface area (Å²) in [6, 6.07) is 0. The summed E-state index contributed by atoms with van der Waals surface area (Å²) in [7, 11) is 17.1. The third kappa shape index (κ3) is 4.50. The average molecular weight is 538 g/mol. The molecule has 0 aromatic rings. The molecule has 8 nitrogen and oxygen atoms in total. The van der Waals surface area contributed by atoms with Crippen molar-refractivity contribution in [1.29, 1.82) is 0 Å². The number of hydrogen-bond acceptors (Lipinski definition) is 8. The molecule has 3 fully saturated rings. The lowest BCUT2D eigenvalue weighted by atomic mass is 9.45. The smallest absolute Gasteiger partial charge is 0.344 e. The van der Waals surface area contributed by atoms with Gasteiger partial charge in [-0.2, -0.15) is 0 Å². The summed E-state index contributed by atoms with van der Waals surface area (Å²) >= 11 is 1.55. The van der Waals surface area contributed by atoms with Crippen LogP contribution in [0.4, 0.5) is 0 Å². The van der Waals surface area contributed by atoms with Crippen LogP contribution in [0.15, 0.2) is 0 Å². The van der Waals surface area contributed by atoms with Gasteiger partial charge in [-0.25, -0.2) is 4.79 Å². The van der Waals surface area contributed by atoms with Crippen molar-refractivity contribution in [1.82, 2.24) is 0 Å². The van der Waals surface area contributed by atoms with Gasteiger partial charge >= 0.3 is 23.9 Å². The van der Waals surface area contributed by atoms with E-state index in [9.17, 15) is 19.2 Å². The fourth-order valence-corrected chi connectivity index (χ4v) is 4.63. The number of esters is 4. The zero-order valence-corrected chi connectivity index (χ0v) is 19.9. The molecular weight excluding hydrogens is 516 g/mol. The molecule has 31 heavy (non-hydrogen) atoms. The maximum atomic E-state index is 12.8. The number of halogens is 1. The largest absolute Gasteiger partial charge is 0.460 e. The number of carbonyl (C=O) groups is 4. The Morgan fingerprint density at radius 1 is 1.13 bits per heavy atom. The van der Waals surface area contributed by atoms with E-state index in [1.54, 1.807) is 43.4 Å². The van der Waals surface area contributed by atoms with Gasteiger partial charge in [-0.15, -0.1) is 0 Å². The van der Waals surface area contributed by atoms with Crippen LogP contribution in [0.3, 0.4) is 0 Å². The van der Waals surface area contributed by atoms with Crippen LogP contribution < -0.4 is 0 Å². The molecule has 6 radical (unpaired) electrons. The van der Waals surface area contributed by atoms with E-state index < -0.39 is 74.6 Å². The van der Waals surface area contributed by atoms with Crippen LogP contribution in [0.2, 0.25) is 5.21 Å². The molecular formula is C19H22B3IO8. The summed E-state index contributed by atoms with van der Waals surface area (Å²) in [6.45, 7) is 5.82. The molecule has 1 aliphatic heterocycles. The zero-order valence-electron chi connectivity index (χ0n) is 17.8. The summed E-state index contributed by atoms with van der Waals surface area (Å²) in [5, 5.41) is -1.59. The van der Waals surface area contributed by atoms with Gasteiger partial charge in [-0.1, -0.05) is 34.7 Å². The lowest BCUT2D eigenvalue weighted by Crippen LogP contribution is -2.47. The maximum Gasteiger partial charge on any atom is 0.344 e. The Morgan fingerprint density at radius 3 is 2.29 bits per heavy atom. The van der Waals surface area contributed by atoms with Crippen molar-refractivity contribution in [3.05, 3.63) is 0 Å². The highest BCUT2D eigenvalue weighted by Crippen LogP contribution is 2.59. The fourth-order valence-electron chi connectivity index (χ4n) is 4.47. The van der Waals surface area contributed by atoms with E-state index in [0.29, 0.717) is 6.42 Å². The van der Waals surface area contributed by atoms with E-state index in [1.807, 2.05) is 0 Å². The van der Waals surface area contributed by atoms with Gasteiger partial charge in [0.1, 0.15) is 25.7 Å². The Bertz CT molecular complexity index is 803. The van der Waals surface area contributed by atoms with Gasteiger partial charge < -0.3 is 18.9 Å². The number of rotatable bonds is 6. The summed E-state index contributed by atoms with van der Waals surface area (Å²) in [6.07, 6.45) is -0.954. The van der Waals surface area contributed by atoms with Crippen LogP contribution in [0, 0.1) is 23.7 Å². The number of carbonyl (C=O) groups excluding carboxylic acids is 4. The second-order valence-electron chi connectivity index (χ2n) is 9.58. The van der Waals surface area contributed by atoms with Gasteiger partial charge in [-0.3, -0.25) is 14.4 Å².